The molecule has 4 aromatic rings. The van der Waals surface area contributed by atoms with Crippen LogP contribution in [-0.2, 0) is 13.0 Å². The number of methoxy groups -OCH3 is 1. The van der Waals surface area contributed by atoms with Crippen LogP contribution < -0.4 is 9.47 Å². The lowest BCUT2D eigenvalue weighted by atomic mass is 9.97. The number of rotatable bonds is 11. The smallest absolute Gasteiger partial charge is 0.123 e. The van der Waals surface area contributed by atoms with Crippen LogP contribution in [0.3, 0.4) is 0 Å². The summed E-state index contributed by atoms with van der Waals surface area (Å²) in [4.78, 5) is 6.03. The third-order valence-electron chi connectivity index (χ3n) is 8.58. The zero-order valence-electron chi connectivity index (χ0n) is 23.8. The van der Waals surface area contributed by atoms with Crippen molar-refractivity contribution in [3.63, 3.8) is 0 Å². The number of hydrogen-bond acceptors (Lipinski definition) is 7. The van der Waals surface area contributed by atoms with Gasteiger partial charge in [-0.05, 0) is 122 Å². The van der Waals surface area contributed by atoms with Gasteiger partial charge in [-0.15, -0.1) is 11.3 Å². The zero-order valence-corrected chi connectivity index (χ0v) is 24.7. The second-order valence-corrected chi connectivity index (χ2v) is 12.3. The highest BCUT2D eigenvalue weighted by Gasteiger charge is 2.23. The van der Waals surface area contributed by atoms with Crippen molar-refractivity contribution in [3.05, 3.63) is 77.4 Å². The first-order valence-corrected chi connectivity index (χ1v) is 15.6. The van der Waals surface area contributed by atoms with E-state index in [4.69, 9.17) is 9.47 Å². The van der Waals surface area contributed by atoms with Gasteiger partial charge in [-0.1, -0.05) is 12.1 Å². The number of benzene rings is 3. The maximum absolute atomic E-state index is 10.2. The first kappa shape index (κ1) is 28.0. The first-order valence-electron chi connectivity index (χ1n) is 14.8. The van der Waals surface area contributed by atoms with Gasteiger partial charge in [0.05, 0.1) is 13.7 Å². The lowest BCUT2D eigenvalue weighted by molar-refractivity contribution is 0.139. The number of ether oxygens (including phenoxy) is 2. The van der Waals surface area contributed by atoms with Gasteiger partial charge in [0.1, 0.15) is 23.9 Å². The number of aliphatic hydroxyl groups is 1. The lowest BCUT2D eigenvalue weighted by Crippen LogP contribution is -2.35. The maximum Gasteiger partial charge on any atom is 0.123 e. The lowest BCUT2D eigenvalue weighted by Gasteiger charge is -2.22. The van der Waals surface area contributed by atoms with Crippen LogP contribution in [0.5, 0.6) is 17.2 Å². The van der Waals surface area contributed by atoms with E-state index in [0.717, 1.165) is 73.7 Å². The van der Waals surface area contributed by atoms with Crippen molar-refractivity contribution < 1.29 is 19.7 Å². The molecule has 1 aromatic heterocycles. The Labute approximate surface area is 246 Å². The molecule has 2 N–H and O–H groups in total. The van der Waals surface area contributed by atoms with Crippen LogP contribution in [0.15, 0.2) is 60.7 Å². The molecule has 41 heavy (non-hydrogen) atoms. The highest BCUT2D eigenvalue weighted by Crippen LogP contribution is 2.42. The van der Waals surface area contributed by atoms with E-state index in [-0.39, 0.29) is 18.4 Å². The van der Waals surface area contributed by atoms with Gasteiger partial charge in [-0.3, -0.25) is 9.80 Å². The molecule has 7 heteroatoms. The van der Waals surface area contributed by atoms with E-state index in [1.54, 1.807) is 24.5 Å². The molecule has 0 spiro atoms. The molecule has 3 aromatic carbocycles. The number of hydrogen-bond donors (Lipinski definition) is 2. The van der Waals surface area contributed by atoms with E-state index in [0.29, 0.717) is 6.61 Å². The van der Waals surface area contributed by atoms with Gasteiger partial charge >= 0.3 is 0 Å². The number of aromatic hydroxyl groups is 1. The minimum atomic E-state index is 0.222. The first-order chi connectivity index (χ1) is 20.1. The molecule has 3 heterocycles. The number of fused-ring (bicyclic) bond motifs is 1. The molecule has 0 aliphatic carbocycles. The summed E-state index contributed by atoms with van der Waals surface area (Å²) in [6, 6.07) is 21.0. The van der Waals surface area contributed by atoms with Crippen LogP contribution in [0.2, 0.25) is 0 Å². The Hall–Kier alpha value is -3.10. The minimum absolute atomic E-state index is 0.222. The highest BCUT2D eigenvalue weighted by molar-refractivity contribution is 7.22. The fraction of sp³-hybridized carbons (Fsp3) is 0.412. The molecule has 0 saturated carbocycles. The largest absolute Gasteiger partial charge is 0.508 e. The molecule has 6 rings (SSSR count). The standard InChI is InChI=1S/C34H40N2O4S/c1-39-32-20-24(6-7-26(32)22-35-14-2-3-15-35)19-31-30-13-10-28(38)21-33(30)41-34(31)25-8-11-29(12-9-25)40-18-17-36-16-4-5-27(36)23-37/h6-13,20-21,27,37-38H,2-5,14-19,22-23H2,1H3. The van der Waals surface area contributed by atoms with Crippen molar-refractivity contribution in [3.8, 4) is 27.7 Å². The number of thiophene rings is 1. The minimum Gasteiger partial charge on any atom is -0.508 e. The summed E-state index contributed by atoms with van der Waals surface area (Å²) in [6.45, 7) is 5.95. The molecule has 2 aliphatic rings. The van der Waals surface area contributed by atoms with E-state index < -0.39 is 0 Å². The topological polar surface area (TPSA) is 65.4 Å². The molecule has 2 fully saturated rings. The fourth-order valence-electron chi connectivity index (χ4n) is 6.34. The SMILES string of the molecule is COc1cc(Cc2c(-c3ccc(OCCN4CCCC4CO)cc3)sc3cc(O)ccc23)ccc1CN1CCCC1. The molecule has 0 radical (unpaired) electrons. The molecule has 1 atom stereocenters. The Kier molecular flexibility index (Phi) is 8.77. The summed E-state index contributed by atoms with van der Waals surface area (Å²) in [5, 5.41) is 20.9. The second-order valence-electron chi connectivity index (χ2n) is 11.3. The van der Waals surface area contributed by atoms with Crippen LogP contribution in [0.1, 0.15) is 42.4 Å². The molecule has 6 nitrogen and oxygen atoms in total. The fourth-order valence-corrected chi connectivity index (χ4v) is 7.60. The molecule has 2 aliphatic heterocycles. The Bertz CT molecular complexity index is 1460. The van der Waals surface area contributed by atoms with Crippen molar-refractivity contribution >= 4 is 21.4 Å². The quantitative estimate of drug-likeness (QED) is 0.220. The van der Waals surface area contributed by atoms with E-state index >= 15 is 0 Å². The molecule has 0 bridgehead atoms. The van der Waals surface area contributed by atoms with Gasteiger partial charge in [0, 0.05) is 34.3 Å². The Morgan fingerprint density at radius 3 is 2.56 bits per heavy atom. The van der Waals surface area contributed by atoms with Gasteiger partial charge in [0.15, 0.2) is 0 Å². The number of phenolic OH excluding ortho intramolecular Hbond substituents is 1. The summed E-state index contributed by atoms with van der Waals surface area (Å²) in [5.41, 5.74) is 4.86. The van der Waals surface area contributed by atoms with Crippen LogP contribution in [0.25, 0.3) is 20.5 Å². The van der Waals surface area contributed by atoms with E-state index in [1.165, 1.54) is 39.8 Å². The molecule has 2 saturated heterocycles. The maximum atomic E-state index is 10.2. The summed E-state index contributed by atoms with van der Waals surface area (Å²) in [7, 11) is 1.76. The summed E-state index contributed by atoms with van der Waals surface area (Å²) >= 11 is 1.72. The molecule has 0 amide bonds. The van der Waals surface area contributed by atoms with Crippen LogP contribution in [0, 0.1) is 0 Å². The molecular formula is C34H40N2O4S. The molecular weight excluding hydrogens is 532 g/mol. The summed E-state index contributed by atoms with van der Waals surface area (Å²) < 4.78 is 13.0. The highest BCUT2D eigenvalue weighted by atomic mass is 32.1. The zero-order chi connectivity index (χ0) is 28.2. The number of likely N-dealkylation sites (tertiary alicyclic amines) is 2. The van der Waals surface area contributed by atoms with Crippen molar-refractivity contribution in [2.75, 3.05) is 46.5 Å². The predicted octanol–water partition coefficient (Wildman–Crippen LogP) is 6.30. The van der Waals surface area contributed by atoms with E-state index in [2.05, 4.69) is 40.1 Å². The van der Waals surface area contributed by atoms with Crippen LogP contribution >= 0.6 is 11.3 Å². The third kappa shape index (κ3) is 6.38. The summed E-state index contributed by atoms with van der Waals surface area (Å²) in [5.74, 6) is 2.09. The monoisotopic (exact) mass is 572 g/mol. The van der Waals surface area contributed by atoms with Crippen molar-refractivity contribution in [2.45, 2.75) is 44.7 Å². The third-order valence-corrected chi connectivity index (χ3v) is 9.82. The Balaban J connectivity index is 1.22. The molecule has 216 valence electrons. The number of aliphatic hydroxyl groups excluding tert-OH is 1. The van der Waals surface area contributed by atoms with Gasteiger partial charge < -0.3 is 19.7 Å². The molecule has 1 unspecified atom stereocenters. The van der Waals surface area contributed by atoms with Crippen molar-refractivity contribution in [2.24, 2.45) is 0 Å². The van der Waals surface area contributed by atoms with Crippen LogP contribution in [-0.4, -0.2) is 72.6 Å². The van der Waals surface area contributed by atoms with Gasteiger partial charge in [-0.2, -0.15) is 0 Å². The van der Waals surface area contributed by atoms with Gasteiger partial charge in [0.25, 0.3) is 0 Å². The Morgan fingerprint density at radius 1 is 0.951 bits per heavy atom. The summed E-state index contributed by atoms with van der Waals surface area (Å²) in [6.07, 6.45) is 5.54. The van der Waals surface area contributed by atoms with Crippen LogP contribution in [0.4, 0.5) is 0 Å². The van der Waals surface area contributed by atoms with Crippen molar-refractivity contribution in [1.29, 1.82) is 0 Å². The predicted molar refractivity (Wildman–Crippen MR) is 166 cm³/mol. The average molecular weight is 573 g/mol. The Morgan fingerprint density at radius 2 is 1.78 bits per heavy atom. The number of phenols is 1. The van der Waals surface area contributed by atoms with Gasteiger partial charge in [0.2, 0.25) is 0 Å². The van der Waals surface area contributed by atoms with E-state index in [9.17, 15) is 10.2 Å². The second kappa shape index (κ2) is 12.8. The van der Waals surface area contributed by atoms with Gasteiger partial charge in [-0.25, -0.2) is 0 Å². The van der Waals surface area contributed by atoms with E-state index in [1.807, 2.05) is 24.3 Å². The average Bonchev–Trinajstić information content (AvgIpc) is 3.75. The normalized spacial score (nSPS) is 18.0. The number of nitrogens with zero attached hydrogens (tertiary/aromatic N) is 2. The van der Waals surface area contributed by atoms with Crippen molar-refractivity contribution in [1.82, 2.24) is 9.80 Å².